The Morgan fingerprint density at radius 2 is 1.83 bits per heavy atom. The lowest BCUT2D eigenvalue weighted by Crippen LogP contribution is -2.30. The number of likely N-dealkylation sites (tertiary alicyclic amines) is 1. The molecule has 124 valence electrons. The zero-order valence-electron chi connectivity index (χ0n) is 12.5. The largest absolute Gasteiger partial charge is 0.331 e. The molecule has 9 heteroatoms. The number of amides is 1. The minimum absolute atomic E-state index is 0.0284. The van der Waals surface area contributed by atoms with Gasteiger partial charge in [0.1, 0.15) is 0 Å². The molecule has 0 saturated carbocycles. The van der Waals surface area contributed by atoms with Crippen LogP contribution in [0.25, 0.3) is 0 Å². The van der Waals surface area contributed by atoms with Crippen LogP contribution in [0.5, 0.6) is 0 Å². The molecule has 3 rings (SSSR count). The van der Waals surface area contributed by atoms with Crippen LogP contribution in [0, 0.1) is 20.2 Å². The van der Waals surface area contributed by atoms with E-state index in [1.54, 1.807) is 16.2 Å². The van der Waals surface area contributed by atoms with Gasteiger partial charge >= 0.3 is 0 Å². The van der Waals surface area contributed by atoms with Crippen molar-refractivity contribution in [1.29, 1.82) is 0 Å². The molecule has 0 spiro atoms. The summed E-state index contributed by atoms with van der Waals surface area (Å²) in [5, 5.41) is 23.9. The van der Waals surface area contributed by atoms with Crippen LogP contribution in [0.3, 0.4) is 0 Å². The predicted octanol–water partition coefficient (Wildman–Crippen LogP) is 3.54. The Morgan fingerprint density at radius 3 is 2.38 bits per heavy atom. The van der Waals surface area contributed by atoms with Crippen LogP contribution < -0.4 is 0 Å². The summed E-state index contributed by atoms with van der Waals surface area (Å²) in [6.45, 7) is 0.526. The lowest BCUT2D eigenvalue weighted by molar-refractivity contribution is -0.394. The molecule has 0 N–H and O–H groups in total. The summed E-state index contributed by atoms with van der Waals surface area (Å²) < 4.78 is 0. The summed E-state index contributed by atoms with van der Waals surface area (Å²) in [4.78, 5) is 36.0. The Hall–Kier alpha value is -2.81. The van der Waals surface area contributed by atoms with Crippen LogP contribution in [-0.4, -0.2) is 27.2 Å². The zero-order chi connectivity index (χ0) is 17.3. The van der Waals surface area contributed by atoms with Crippen molar-refractivity contribution in [3.05, 3.63) is 66.4 Å². The second-order valence-electron chi connectivity index (χ2n) is 5.42. The molecule has 2 aromatic rings. The number of rotatable bonds is 4. The molecular weight excluding hydrogens is 334 g/mol. The molecule has 0 aliphatic carbocycles. The maximum absolute atomic E-state index is 12.8. The first-order valence-electron chi connectivity index (χ1n) is 7.25. The van der Waals surface area contributed by atoms with E-state index in [1.165, 1.54) is 0 Å². The average Bonchev–Trinajstić information content (AvgIpc) is 3.24. The Kier molecular flexibility index (Phi) is 4.26. The van der Waals surface area contributed by atoms with Gasteiger partial charge in [-0.3, -0.25) is 25.0 Å². The van der Waals surface area contributed by atoms with Gasteiger partial charge in [0, 0.05) is 23.6 Å². The molecule has 0 unspecified atom stereocenters. The van der Waals surface area contributed by atoms with E-state index in [1.807, 2.05) is 17.5 Å². The van der Waals surface area contributed by atoms with E-state index in [-0.39, 0.29) is 11.6 Å². The van der Waals surface area contributed by atoms with Gasteiger partial charge in [0.25, 0.3) is 17.3 Å². The van der Waals surface area contributed by atoms with Gasteiger partial charge in [0.2, 0.25) is 0 Å². The summed E-state index contributed by atoms with van der Waals surface area (Å²) in [7, 11) is 0. The highest BCUT2D eigenvalue weighted by Crippen LogP contribution is 2.36. The minimum atomic E-state index is -0.732. The Balaban J connectivity index is 1.97. The molecular formula is C15H13N3O5S. The van der Waals surface area contributed by atoms with Crippen molar-refractivity contribution in [2.24, 2.45) is 0 Å². The summed E-state index contributed by atoms with van der Waals surface area (Å²) in [5.41, 5.74) is -0.946. The van der Waals surface area contributed by atoms with Crippen LogP contribution in [-0.2, 0) is 0 Å². The maximum Gasteiger partial charge on any atom is 0.277 e. The molecule has 2 heterocycles. The number of nitrogens with zero attached hydrogens (tertiary/aromatic N) is 3. The summed E-state index contributed by atoms with van der Waals surface area (Å²) in [6, 6.07) is 6.81. The van der Waals surface area contributed by atoms with Gasteiger partial charge in [-0.05, 0) is 24.3 Å². The van der Waals surface area contributed by atoms with Crippen LogP contribution in [0.15, 0.2) is 35.7 Å². The molecule has 0 bridgehead atoms. The molecule has 1 aromatic heterocycles. The Morgan fingerprint density at radius 1 is 1.17 bits per heavy atom. The summed E-state index contributed by atoms with van der Waals surface area (Å²) in [6.07, 6.45) is 1.63. The summed E-state index contributed by atoms with van der Waals surface area (Å²) in [5.74, 6) is -0.419. The molecule has 24 heavy (non-hydrogen) atoms. The lowest BCUT2D eigenvalue weighted by atomic mass is 10.1. The first kappa shape index (κ1) is 16.1. The molecule has 1 aromatic carbocycles. The van der Waals surface area contributed by atoms with Crippen molar-refractivity contribution in [2.45, 2.75) is 18.9 Å². The van der Waals surface area contributed by atoms with Crippen molar-refractivity contribution in [3.8, 4) is 0 Å². The van der Waals surface area contributed by atoms with Crippen molar-refractivity contribution in [1.82, 2.24) is 4.90 Å². The van der Waals surface area contributed by atoms with Crippen molar-refractivity contribution < 1.29 is 14.6 Å². The monoisotopic (exact) mass is 347 g/mol. The van der Waals surface area contributed by atoms with Gasteiger partial charge in [-0.15, -0.1) is 11.3 Å². The number of hydrogen-bond acceptors (Lipinski definition) is 6. The average molecular weight is 347 g/mol. The molecule has 1 saturated heterocycles. The molecule has 1 atom stereocenters. The van der Waals surface area contributed by atoms with E-state index in [9.17, 15) is 25.0 Å². The third-order valence-electron chi connectivity index (χ3n) is 3.96. The Labute approximate surface area is 140 Å². The lowest BCUT2D eigenvalue weighted by Gasteiger charge is -2.23. The summed E-state index contributed by atoms with van der Waals surface area (Å²) >= 11 is 1.54. The van der Waals surface area contributed by atoms with Gasteiger partial charge < -0.3 is 4.90 Å². The molecule has 1 aliphatic heterocycles. The van der Waals surface area contributed by atoms with E-state index >= 15 is 0 Å². The van der Waals surface area contributed by atoms with E-state index in [0.717, 1.165) is 35.9 Å². The molecule has 1 fully saturated rings. The van der Waals surface area contributed by atoms with Crippen LogP contribution in [0.1, 0.15) is 34.1 Å². The number of nitro benzene ring substituents is 2. The van der Waals surface area contributed by atoms with Crippen LogP contribution >= 0.6 is 11.3 Å². The van der Waals surface area contributed by atoms with Gasteiger partial charge in [-0.1, -0.05) is 6.07 Å². The molecule has 1 aliphatic rings. The topological polar surface area (TPSA) is 107 Å². The van der Waals surface area contributed by atoms with Gasteiger partial charge in [0.05, 0.1) is 27.5 Å². The number of carbonyl (C=O) groups excluding carboxylic acids is 1. The number of nitro groups is 2. The number of benzene rings is 1. The van der Waals surface area contributed by atoms with Gasteiger partial charge in [-0.25, -0.2) is 0 Å². The van der Waals surface area contributed by atoms with Crippen molar-refractivity contribution in [3.63, 3.8) is 0 Å². The van der Waals surface area contributed by atoms with Crippen molar-refractivity contribution >= 4 is 28.6 Å². The highest BCUT2D eigenvalue weighted by Gasteiger charge is 2.32. The molecule has 8 nitrogen and oxygen atoms in total. The smallest absolute Gasteiger partial charge is 0.277 e. The molecule has 0 radical (unpaired) electrons. The Bertz CT molecular complexity index is 773. The fraction of sp³-hybridized carbons (Fsp3) is 0.267. The standard InChI is InChI=1S/C15H13N3O5S/c19-15(16-5-1-3-13(16)14-4-2-6-24-14)10-7-11(17(20)21)9-12(8-10)18(22)23/h2,4,6-9,13H,1,3,5H2/t13-/m1/s1. The van der Waals surface area contributed by atoms with E-state index < -0.39 is 27.1 Å². The number of thiophene rings is 1. The van der Waals surface area contributed by atoms with Gasteiger partial charge in [0.15, 0.2) is 0 Å². The van der Waals surface area contributed by atoms with Crippen LogP contribution in [0.2, 0.25) is 0 Å². The zero-order valence-corrected chi connectivity index (χ0v) is 13.3. The third-order valence-corrected chi connectivity index (χ3v) is 4.93. The fourth-order valence-electron chi connectivity index (χ4n) is 2.88. The van der Waals surface area contributed by atoms with E-state index in [2.05, 4.69) is 0 Å². The van der Waals surface area contributed by atoms with E-state index in [0.29, 0.717) is 6.54 Å². The quantitative estimate of drug-likeness (QED) is 0.621. The van der Waals surface area contributed by atoms with Gasteiger partial charge in [-0.2, -0.15) is 0 Å². The second-order valence-corrected chi connectivity index (χ2v) is 6.40. The predicted molar refractivity (Wildman–Crippen MR) is 87.1 cm³/mol. The first-order valence-corrected chi connectivity index (χ1v) is 8.13. The third kappa shape index (κ3) is 2.98. The first-order chi connectivity index (χ1) is 11.5. The number of hydrogen-bond donors (Lipinski definition) is 0. The van der Waals surface area contributed by atoms with Crippen LogP contribution in [0.4, 0.5) is 11.4 Å². The second kappa shape index (κ2) is 6.36. The number of non-ortho nitro benzene ring substituents is 2. The normalized spacial score (nSPS) is 17.0. The highest BCUT2D eigenvalue weighted by atomic mass is 32.1. The van der Waals surface area contributed by atoms with E-state index in [4.69, 9.17) is 0 Å². The van der Waals surface area contributed by atoms with Crippen molar-refractivity contribution in [2.75, 3.05) is 6.54 Å². The highest BCUT2D eigenvalue weighted by molar-refractivity contribution is 7.10. The fourth-order valence-corrected chi connectivity index (χ4v) is 3.76. The maximum atomic E-state index is 12.8. The number of carbonyl (C=O) groups is 1. The SMILES string of the molecule is O=C(c1cc([N+](=O)[O-])cc([N+](=O)[O-])c1)N1CCC[C@@H]1c1cccs1. The minimum Gasteiger partial charge on any atom is -0.331 e. The molecule has 1 amide bonds.